The molecule has 0 saturated carbocycles. The summed E-state index contributed by atoms with van der Waals surface area (Å²) in [5, 5.41) is 19.3. The summed E-state index contributed by atoms with van der Waals surface area (Å²) < 4.78 is 5.74. The normalized spacial score (nSPS) is 18.7. The summed E-state index contributed by atoms with van der Waals surface area (Å²) in [5.74, 6) is 0.290. The molecule has 158 valence electrons. The van der Waals surface area contributed by atoms with Crippen molar-refractivity contribution in [2.45, 2.75) is 45.3 Å². The zero-order valence-corrected chi connectivity index (χ0v) is 17.8. The molecule has 2 aliphatic rings. The second-order valence-electron chi connectivity index (χ2n) is 7.50. The van der Waals surface area contributed by atoms with Gasteiger partial charge in [-0.25, -0.2) is 9.89 Å². The van der Waals surface area contributed by atoms with E-state index in [1.165, 1.54) is 4.90 Å². The lowest BCUT2D eigenvalue weighted by molar-refractivity contribution is 0.165. The first kappa shape index (κ1) is 20.7. The Labute approximate surface area is 182 Å². The third-order valence-electron chi connectivity index (χ3n) is 5.17. The van der Waals surface area contributed by atoms with Crippen LogP contribution in [-0.2, 0) is 0 Å². The number of hydrogen-bond donors (Lipinski definition) is 3. The van der Waals surface area contributed by atoms with Gasteiger partial charge >= 0.3 is 6.03 Å². The van der Waals surface area contributed by atoms with Crippen molar-refractivity contribution < 1.29 is 14.6 Å². The molecular formula is C20H20Cl2N4O4. The van der Waals surface area contributed by atoms with E-state index in [0.29, 0.717) is 24.1 Å². The number of ether oxygens (including phenoxy) is 1. The van der Waals surface area contributed by atoms with Crippen LogP contribution in [0.25, 0.3) is 0 Å². The Hall–Kier alpha value is -2.55. The molecule has 10 heteroatoms. The number of aliphatic hydroxyl groups excluding tert-OH is 1. The van der Waals surface area contributed by atoms with E-state index in [1.807, 2.05) is 13.8 Å². The quantitative estimate of drug-likeness (QED) is 0.643. The lowest BCUT2D eigenvalue weighted by Crippen LogP contribution is -2.50. The van der Waals surface area contributed by atoms with Crippen molar-refractivity contribution in [2.75, 3.05) is 4.90 Å². The summed E-state index contributed by atoms with van der Waals surface area (Å²) in [4.78, 5) is 25.9. The van der Waals surface area contributed by atoms with Crippen LogP contribution < -0.4 is 20.5 Å². The van der Waals surface area contributed by atoms with Gasteiger partial charge in [-0.05, 0) is 42.9 Å². The molecule has 2 amide bonds. The van der Waals surface area contributed by atoms with E-state index in [0.717, 1.165) is 17.7 Å². The van der Waals surface area contributed by atoms with Crippen LogP contribution in [0.2, 0.25) is 10.0 Å². The third-order valence-corrected chi connectivity index (χ3v) is 5.73. The molecule has 4 rings (SSSR count). The zero-order valence-electron chi connectivity index (χ0n) is 16.3. The largest absolute Gasteiger partial charge is 0.434 e. The lowest BCUT2D eigenvalue weighted by atomic mass is 10.1. The molecule has 30 heavy (non-hydrogen) atoms. The maximum atomic E-state index is 12.5. The minimum atomic E-state index is -0.971. The molecule has 0 saturated heterocycles. The number of aromatic nitrogens is 2. The number of H-pyrrole nitrogens is 1. The molecule has 1 aliphatic carbocycles. The Morgan fingerprint density at radius 1 is 1.20 bits per heavy atom. The molecule has 3 N–H and O–H groups in total. The van der Waals surface area contributed by atoms with Crippen molar-refractivity contribution >= 4 is 34.9 Å². The molecule has 1 unspecified atom stereocenters. The van der Waals surface area contributed by atoms with Gasteiger partial charge in [0.15, 0.2) is 12.0 Å². The van der Waals surface area contributed by atoms with Crippen LogP contribution >= 0.6 is 23.2 Å². The molecule has 1 aliphatic heterocycles. The molecule has 2 aromatic rings. The number of amides is 2. The summed E-state index contributed by atoms with van der Waals surface area (Å²) in [6, 6.07) is 4.22. The standard InChI is InChI=1S/C20H20Cl2N4O4/c1-9(2)12-8-16(24-25-19(12)28)30-17-13(21)6-10(7-14(17)22)26-15-5-3-4-11(15)18(27)23-20(26)29/h6-9,18,27H,3-5H2,1-2H3,(H,23,29)(H,25,28). The highest BCUT2D eigenvalue weighted by atomic mass is 35.5. The first-order chi connectivity index (χ1) is 14.3. The number of benzene rings is 1. The van der Waals surface area contributed by atoms with Crippen LogP contribution in [0.3, 0.4) is 0 Å². The Bertz CT molecular complexity index is 1090. The maximum absolute atomic E-state index is 12.5. The number of rotatable bonds is 4. The van der Waals surface area contributed by atoms with Crippen molar-refractivity contribution in [1.29, 1.82) is 0 Å². The second kappa shape index (κ2) is 7.94. The number of aliphatic hydroxyl groups is 1. The third kappa shape index (κ3) is 3.66. The van der Waals surface area contributed by atoms with E-state index in [-0.39, 0.29) is 33.2 Å². The minimum Gasteiger partial charge on any atom is -0.434 e. The number of hydrogen-bond acceptors (Lipinski definition) is 5. The monoisotopic (exact) mass is 450 g/mol. The molecule has 0 bridgehead atoms. The first-order valence-electron chi connectivity index (χ1n) is 9.53. The maximum Gasteiger partial charge on any atom is 0.328 e. The van der Waals surface area contributed by atoms with E-state index in [2.05, 4.69) is 15.5 Å². The van der Waals surface area contributed by atoms with Crippen molar-refractivity contribution in [2.24, 2.45) is 0 Å². The van der Waals surface area contributed by atoms with Gasteiger partial charge in [0.05, 0.1) is 15.7 Å². The zero-order chi connectivity index (χ0) is 21.6. The Balaban J connectivity index is 1.69. The number of urea groups is 1. The molecule has 8 nitrogen and oxygen atoms in total. The summed E-state index contributed by atoms with van der Waals surface area (Å²) in [7, 11) is 0. The van der Waals surface area contributed by atoms with Gasteiger partial charge in [0, 0.05) is 17.3 Å². The van der Waals surface area contributed by atoms with Crippen LogP contribution in [0, 0.1) is 0 Å². The lowest BCUT2D eigenvalue weighted by Gasteiger charge is -2.33. The predicted octanol–water partition coefficient (Wildman–Crippen LogP) is 4.28. The molecule has 1 aromatic carbocycles. The molecule has 1 atom stereocenters. The van der Waals surface area contributed by atoms with Crippen LogP contribution in [-0.4, -0.2) is 27.6 Å². The van der Waals surface area contributed by atoms with E-state index < -0.39 is 12.3 Å². The van der Waals surface area contributed by atoms with Gasteiger partial charge in [-0.2, -0.15) is 0 Å². The number of carbonyl (C=O) groups is 1. The summed E-state index contributed by atoms with van der Waals surface area (Å²) in [5.41, 5.74) is 2.25. The van der Waals surface area contributed by atoms with Gasteiger partial charge in [0.25, 0.3) is 5.56 Å². The van der Waals surface area contributed by atoms with Crippen molar-refractivity contribution in [3.05, 3.63) is 55.4 Å². The van der Waals surface area contributed by atoms with Gasteiger partial charge in [0.2, 0.25) is 5.88 Å². The topological polar surface area (TPSA) is 108 Å². The second-order valence-corrected chi connectivity index (χ2v) is 8.31. The number of allylic oxidation sites excluding steroid dienone is 1. The molecule has 2 heterocycles. The van der Waals surface area contributed by atoms with Crippen LogP contribution in [0.5, 0.6) is 11.6 Å². The molecule has 0 radical (unpaired) electrons. The van der Waals surface area contributed by atoms with E-state index in [1.54, 1.807) is 18.2 Å². The summed E-state index contributed by atoms with van der Waals surface area (Å²) in [6.07, 6.45) is 1.27. The highest BCUT2D eigenvalue weighted by Gasteiger charge is 2.35. The Morgan fingerprint density at radius 2 is 1.90 bits per heavy atom. The number of nitrogens with zero attached hydrogens (tertiary/aromatic N) is 2. The van der Waals surface area contributed by atoms with Gasteiger partial charge in [-0.1, -0.05) is 37.0 Å². The summed E-state index contributed by atoms with van der Waals surface area (Å²) >= 11 is 12.8. The average Bonchev–Trinajstić information content (AvgIpc) is 3.15. The number of aromatic amines is 1. The number of carbonyl (C=O) groups excluding carboxylic acids is 1. The fourth-order valence-electron chi connectivity index (χ4n) is 3.73. The number of nitrogens with one attached hydrogen (secondary N) is 2. The first-order valence-corrected chi connectivity index (χ1v) is 10.3. The minimum absolute atomic E-state index is 0.0192. The Kier molecular flexibility index (Phi) is 5.48. The van der Waals surface area contributed by atoms with Crippen LogP contribution in [0.15, 0.2) is 34.3 Å². The average molecular weight is 451 g/mol. The Morgan fingerprint density at radius 3 is 2.57 bits per heavy atom. The van der Waals surface area contributed by atoms with Crippen molar-refractivity contribution in [1.82, 2.24) is 15.5 Å². The van der Waals surface area contributed by atoms with Crippen molar-refractivity contribution in [3.8, 4) is 11.6 Å². The van der Waals surface area contributed by atoms with Crippen LogP contribution in [0.1, 0.15) is 44.6 Å². The van der Waals surface area contributed by atoms with E-state index >= 15 is 0 Å². The highest BCUT2D eigenvalue weighted by molar-refractivity contribution is 6.37. The molecular weight excluding hydrogens is 431 g/mol. The van der Waals surface area contributed by atoms with Gasteiger partial charge < -0.3 is 15.2 Å². The smallest absolute Gasteiger partial charge is 0.328 e. The van der Waals surface area contributed by atoms with Gasteiger partial charge in [-0.3, -0.25) is 9.69 Å². The number of anilines is 1. The van der Waals surface area contributed by atoms with E-state index in [4.69, 9.17) is 27.9 Å². The van der Waals surface area contributed by atoms with Gasteiger partial charge in [-0.15, -0.1) is 5.10 Å². The number of halogens is 2. The SMILES string of the molecule is CC(C)c1cc(Oc2c(Cl)cc(N3C(=O)NC(O)C4=C3CCC4)cc2Cl)n[nH]c1=O. The predicted molar refractivity (Wildman–Crippen MR) is 113 cm³/mol. The van der Waals surface area contributed by atoms with Crippen molar-refractivity contribution in [3.63, 3.8) is 0 Å². The highest BCUT2D eigenvalue weighted by Crippen LogP contribution is 2.43. The van der Waals surface area contributed by atoms with Crippen LogP contribution in [0.4, 0.5) is 10.5 Å². The fraction of sp³-hybridized carbons (Fsp3) is 0.350. The van der Waals surface area contributed by atoms with E-state index in [9.17, 15) is 14.7 Å². The summed E-state index contributed by atoms with van der Waals surface area (Å²) in [6.45, 7) is 3.77. The molecule has 0 spiro atoms. The van der Waals surface area contributed by atoms with Gasteiger partial charge in [0.1, 0.15) is 0 Å². The molecule has 0 fully saturated rings. The fourth-order valence-corrected chi connectivity index (χ4v) is 4.28. The molecule has 1 aromatic heterocycles.